The van der Waals surface area contributed by atoms with E-state index in [-0.39, 0.29) is 21.7 Å². The van der Waals surface area contributed by atoms with E-state index < -0.39 is 15.8 Å². The number of nitrogens with zero attached hydrogens (tertiary/aromatic N) is 1. The number of nitrogens with one attached hydrogen (secondary N) is 1. The maximum Gasteiger partial charge on any atom is 0.242 e. The molecule has 1 aromatic heterocycles. The van der Waals surface area contributed by atoms with E-state index in [0.29, 0.717) is 0 Å². The van der Waals surface area contributed by atoms with Crippen molar-refractivity contribution in [2.75, 3.05) is 6.54 Å². The molecular weight excluding hydrogens is 335 g/mol. The van der Waals surface area contributed by atoms with Crippen molar-refractivity contribution in [2.45, 2.75) is 36.9 Å². The van der Waals surface area contributed by atoms with Gasteiger partial charge in [-0.3, -0.25) is 4.98 Å². The molecule has 0 amide bonds. The Kier molecular flexibility index (Phi) is 5.46. The molecule has 4 nitrogen and oxygen atoms in total. The van der Waals surface area contributed by atoms with Gasteiger partial charge in [0.05, 0.1) is 6.20 Å². The Balaban J connectivity index is 2.66. The summed E-state index contributed by atoms with van der Waals surface area (Å²) < 4.78 is 39.2. The van der Waals surface area contributed by atoms with Gasteiger partial charge in [-0.25, -0.2) is 17.5 Å². The van der Waals surface area contributed by atoms with Crippen molar-refractivity contribution in [1.29, 1.82) is 0 Å². The van der Waals surface area contributed by atoms with Crippen molar-refractivity contribution in [3.8, 4) is 0 Å². The van der Waals surface area contributed by atoms with Crippen LogP contribution in [-0.4, -0.2) is 24.8 Å². The maximum atomic E-state index is 13.0. The van der Waals surface area contributed by atoms with Crippen LogP contribution in [0, 0.1) is 11.2 Å². The van der Waals surface area contributed by atoms with E-state index in [1.165, 1.54) is 0 Å². The summed E-state index contributed by atoms with van der Waals surface area (Å²) in [6, 6.07) is 0.947. The van der Waals surface area contributed by atoms with Crippen molar-refractivity contribution >= 4 is 26.0 Å². The van der Waals surface area contributed by atoms with Crippen molar-refractivity contribution < 1.29 is 12.8 Å². The zero-order chi connectivity index (χ0) is 14.7. The highest BCUT2D eigenvalue weighted by atomic mass is 79.9. The Labute approximate surface area is 122 Å². The molecule has 1 rings (SSSR count). The fourth-order valence-electron chi connectivity index (χ4n) is 1.56. The Hall–Kier alpha value is -0.530. The maximum absolute atomic E-state index is 13.0. The van der Waals surface area contributed by atoms with E-state index >= 15 is 0 Å². The topological polar surface area (TPSA) is 59.1 Å². The van der Waals surface area contributed by atoms with Gasteiger partial charge in [-0.05, 0) is 17.9 Å². The molecule has 0 fully saturated rings. The monoisotopic (exact) mass is 352 g/mol. The molecule has 7 heteroatoms. The van der Waals surface area contributed by atoms with Crippen molar-refractivity contribution in [3.05, 3.63) is 24.3 Å². The number of sulfonamides is 1. The van der Waals surface area contributed by atoms with Crippen LogP contribution in [0.5, 0.6) is 0 Å². The third-order valence-electron chi connectivity index (χ3n) is 2.32. The summed E-state index contributed by atoms with van der Waals surface area (Å²) in [5.41, 5.74) is 0.0972. The van der Waals surface area contributed by atoms with Crippen LogP contribution >= 0.6 is 15.9 Å². The van der Waals surface area contributed by atoms with Gasteiger partial charge in [0, 0.05) is 17.6 Å². The van der Waals surface area contributed by atoms with E-state index in [4.69, 9.17) is 0 Å². The van der Waals surface area contributed by atoms with Crippen LogP contribution in [0.4, 0.5) is 4.39 Å². The summed E-state index contributed by atoms with van der Waals surface area (Å²) in [5.74, 6) is -0.673. The molecule has 1 unspecified atom stereocenters. The lowest BCUT2D eigenvalue weighted by Gasteiger charge is -2.22. The lowest BCUT2D eigenvalue weighted by molar-refractivity contribution is 0.373. The zero-order valence-corrected chi connectivity index (χ0v) is 13.6. The van der Waals surface area contributed by atoms with Gasteiger partial charge < -0.3 is 0 Å². The molecule has 1 aromatic rings. The molecule has 108 valence electrons. The SMILES string of the molecule is CC(C)(C)CC(Br)CNS(=O)(=O)c1cncc(F)c1. The molecule has 1 heterocycles. The minimum atomic E-state index is -3.72. The van der Waals surface area contributed by atoms with E-state index in [1.807, 2.05) is 0 Å². The normalized spacial score (nSPS) is 14.4. The molecule has 1 atom stereocenters. The Morgan fingerprint density at radius 3 is 2.58 bits per heavy atom. The molecule has 0 spiro atoms. The van der Waals surface area contributed by atoms with Crippen molar-refractivity contribution in [2.24, 2.45) is 5.41 Å². The smallest absolute Gasteiger partial charge is 0.242 e. The quantitative estimate of drug-likeness (QED) is 0.828. The molecule has 1 N–H and O–H groups in total. The van der Waals surface area contributed by atoms with E-state index in [1.54, 1.807) is 0 Å². The number of aromatic nitrogens is 1. The molecule has 0 saturated heterocycles. The minimum Gasteiger partial charge on any atom is -0.260 e. The molecule has 0 aliphatic heterocycles. The second kappa shape index (κ2) is 6.28. The molecule has 0 radical (unpaired) electrons. The molecular formula is C12H18BrFN2O2S. The molecule has 0 aliphatic rings. The largest absolute Gasteiger partial charge is 0.260 e. The van der Waals surface area contributed by atoms with Gasteiger partial charge in [-0.2, -0.15) is 0 Å². The fraction of sp³-hybridized carbons (Fsp3) is 0.583. The Morgan fingerprint density at radius 1 is 1.42 bits per heavy atom. The van der Waals surface area contributed by atoms with Crippen LogP contribution in [0.1, 0.15) is 27.2 Å². The van der Waals surface area contributed by atoms with Crippen LogP contribution in [0.15, 0.2) is 23.4 Å². The van der Waals surface area contributed by atoms with Crippen LogP contribution in [0.2, 0.25) is 0 Å². The summed E-state index contributed by atoms with van der Waals surface area (Å²) in [7, 11) is -3.72. The molecule has 0 aliphatic carbocycles. The standard InChI is InChI=1S/C12H18BrFN2O2S/c1-12(2,3)5-9(13)6-16-19(17,18)11-4-10(14)7-15-8-11/h4,7-9,16H,5-6H2,1-3H3. The summed E-state index contributed by atoms with van der Waals surface area (Å²) >= 11 is 3.44. The first kappa shape index (κ1) is 16.5. The van der Waals surface area contributed by atoms with Gasteiger partial charge in [0.15, 0.2) is 0 Å². The highest BCUT2D eigenvalue weighted by Gasteiger charge is 2.20. The highest BCUT2D eigenvalue weighted by Crippen LogP contribution is 2.24. The summed E-state index contributed by atoms with van der Waals surface area (Å²) in [6.07, 6.45) is 2.90. The molecule has 19 heavy (non-hydrogen) atoms. The van der Waals surface area contributed by atoms with Gasteiger partial charge >= 0.3 is 0 Å². The van der Waals surface area contributed by atoms with E-state index in [2.05, 4.69) is 46.4 Å². The minimum absolute atomic E-state index is 0.0174. The highest BCUT2D eigenvalue weighted by molar-refractivity contribution is 9.09. The Bertz CT molecular complexity index is 529. The first-order valence-corrected chi connectivity index (χ1v) is 8.24. The number of alkyl halides is 1. The van der Waals surface area contributed by atoms with Crippen LogP contribution in [0.25, 0.3) is 0 Å². The predicted molar refractivity (Wildman–Crippen MR) is 76.2 cm³/mol. The lowest BCUT2D eigenvalue weighted by Crippen LogP contribution is -2.31. The second-order valence-electron chi connectivity index (χ2n) is 5.55. The molecule has 0 bridgehead atoms. The number of pyridine rings is 1. The first-order valence-electron chi connectivity index (χ1n) is 5.84. The van der Waals surface area contributed by atoms with E-state index in [0.717, 1.165) is 24.9 Å². The Morgan fingerprint density at radius 2 is 2.05 bits per heavy atom. The van der Waals surface area contributed by atoms with Gasteiger partial charge in [-0.1, -0.05) is 36.7 Å². The third-order valence-corrected chi connectivity index (χ3v) is 4.36. The molecule has 0 aromatic carbocycles. The average molecular weight is 353 g/mol. The predicted octanol–water partition coefficient (Wildman–Crippen LogP) is 2.70. The first-order chi connectivity index (χ1) is 8.60. The summed E-state index contributed by atoms with van der Waals surface area (Å²) in [4.78, 5) is 3.38. The average Bonchev–Trinajstić information content (AvgIpc) is 2.24. The summed E-state index contributed by atoms with van der Waals surface area (Å²) in [5, 5.41) is 0. The lowest BCUT2D eigenvalue weighted by atomic mass is 9.91. The van der Waals surface area contributed by atoms with Gasteiger partial charge in [0.1, 0.15) is 10.7 Å². The van der Waals surface area contributed by atoms with Gasteiger partial charge in [0.25, 0.3) is 0 Å². The van der Waals surface area contributed by atoms with Crippen LogP contribution < -0.4 is 4.72 Å². The van der Waals surface area contributed by atoms with Gasteiger partial charge in [-0.15, -0.1) is 0 Å². The van der Waals surface area contributed by atoms with Crippen LogP contribution in [-0.2, 0) is 10.0 Å². The van der Waals surface area contributed by atoms with Crippen LogP contribution in [0.3, 0.4) is 0 Å². The van der Waals surface area contributed by atoms with Gasteiger partial charge in [0.2, 0.25) is 10.0 Å². The number of rotatable bonds is 5. The number of hydrogen-bond donors (Lipinski definition) is 1. The van der Waals surface area contributed by atoms with Crippen molar-refractivity contribution in [3.63, 3.8) is 0 Å². The second-order valence-corrected chi connectivity index (χ2v) is 8.61. The number of hydrogen-bond acceptors (Lipinski definition) is 3. The fourth-order valence-corrected chi connectivity index (χ4v) is 3.96. The number of halogens is 2. The summed E-state index contributed by atoms with van der Waals surface area (Å²) in [6.45, 7) is 6.47. The molecule has 0 saturated carbocycles. The van der Waals surface area contributed by atoms with E-state index in [9.17, 15) is 12.8 Å². The zero-order valence-electron chi connectivity index (χ0n) is 11.2. The third kappa shape index (κ3) is 5.97. The van der Waals surface area contributed by atoms with Crippen molar-refractivity contribution in [1.82, 2.24) is 9.71 Å².